The molecule has 3 heteroatoms. The second kappa shape index (κ2) is 5.71. The third-order valence-electron chi connectivity index (χ3n) is 3.90. The van der Waals surface area contributed by atoms with E-state index < -0.39 is 0 Å². The zero-order chi connectivity index (χ0) is 14.9. The lowest BCUT2D eigenvalue weighted by atomic mass is 9.94. The molecule has 1 heterocycles. The van der Waals surface area contributed by atoms with Crippen molar-refractivity contribution >= 4 is 0 Å². The molecule has 2 rings (SSSR count). The molecule has 0 aliphatic rings. The first-order valence-corrected chi connectivity index (χ1v) is 6.87. The van der Waals surface area contributed by atoms with Gasteiger partial charge in [0.1, 0.15) is 17.3 Å². The Labute approximate surface area is 121 Å². The molecule has 1 aromatic carbocycles. The average Bonchev–Trinajstić information content (AvgIpc) is 2.74. The van der Waals surface area contributed by atoms with E-state index in [2.05, 4.69) is 37.4 Å². The molecular formula is C17H23NO2. The fourth-order valence-electron chi connectivity index (χ4n) is 2.72. The number of benzene rings is 1. The van der Waals surface area contributed by atoms with Crippen molar-refractivity contribution in [1.82, 2.24) is 5.32 Å². The van der Waals surface area contributed by atoms with Gasteiger partial charge < -0.3 is 14.5 Å². The molecule has 0 saturated heterocycles. The Balaban J connectivity index is 2.58. The molecule has 1 N–H and O–H groups in total. The molecule has 0 saturated carbocycles. The minimum Gasteiger partial charge on any atom is -0.496 e. The second-order valence-corrected chi connectivity index (χ2v) is 5.22. The van der Waals surface area contributed by atoms with Gasteiger partial charge in [0.2, 0.25) is 0 Å². The van der Waals surface area contributed by atoms with Gasteiger partial charge in [0.15, 0.2) is 0 Å². The quantitative estimate of drug-likeness (QED) is 0.919. The lowest BCUT2D eigenvalue weighted by Gasteiger charge is -2.21. The van der Waals surface area contributed by atoms with E-state index in [-0.39, 0.29) is 6.04 Å². The summed E-state index contributed by atoms with van der Waals surface area (Å²) in [5, 5.41) is 3.37. The highest BCUT2D eigenvalue weighted by atomic mass is 16.5. The summed E-state index contributed by atoms with van der Waals surface area (Å²) >= 11 is 0. The minimum atomic E-state index is 0.0710. The first-order chi connectivity index (χ1) is 9.49. The van der Waals surface area contributed by atoms with Crippen molar-refractivity contribution in [2.75, 3.05) is 14.2 Å². The number of methoxy groups -OCH3 is 1. The zero-order valence-corrected chi connectivity index (χ0v) is 13.1. The van der Waals surface area contributed by atoms with Crippen molar-refractivity contribution in [3.8, 4) is 5.75 Å². The molecule has 0 aliphatic carbocycles. The zero-order valence-electron chi connectivity index (χ0n) is 13.1. The Morgan fingerprint density at radius 2 is 1.80 bits per heavy atom. The van der Waals surface area contributed by atoms with Crippen LogP contribution in [0.2, 0.25) is 0 Å². The van der Waals surface area contributed by atoms with E-state index in [4.69, 9.17) is 9.15 Å². The number of ether oxygens (including phenoxy) is 1. The number of rotatable bonds is 4. The highest BCUT2D eigenvalue weighted by Crippen LogP contribution is 2.35. The van der Waals surface area contributed by atoms with Crippen molar-refractivity contribution in [3.63, 3.8) is 0 Å². The van der Waals surface area contributed by atoms with Crippen molar-refractivity contribution in [2.24, 2.45) is 0 Å². The summed E-state index contributed by atoms with van der Waals surface area (Å²) in [5.74, 6) is 2.82. The summed E-state index contributed by atoms with van der Waals surface area (Å²) in [6.07, 6.45) is 0. The molecule has 0 amide bonds. The molecule has 3 nitrogen and oxygen atoms in total. The maximum atomic E-state index is 5.67. The Bertz CT molecular complexity index is 614. The van der Waals surface area contributed by atoms with Crippen LogP contribution < -0.4 is 10.1 Å². The van der Waals surface area contributed by atoms with Crippen LogP contribution in [0.15, 0.2) is 22.6 Å². The molecule has 1 unspecified atom stereocenters. The number of nitrogens with one attached hydrogen (secondary N) is 1. The average molecular weight is 273 g/mol. The molecule has 0 bridgehead atoms. The molecular weight excluding hydrogens is 250 g/mol. The maximum absolute atomic E-state index is 5.67. The normalized spacial score (nSPS) is 12.5. The topological polar surface area (TPSA) is 34.4 Å². The molecule has 2 aromatic rings. The second-order valence-electron chi connectivity index (χ2n) is 5.22. The summed E-state index contributed by atoms with van der Waals surface area (Å²) in [7, 11) is 3.69. The lowest BCUT2D eigenvalue weighted by Crippen LogP contribution is -2.19. The Hall–Kier alpha value is -1.74. The van der Waals surface area contributed by atoms with Gasteiger partial charge >= 0.3 is 0 Å². The predicted octanol–water partition coefficient (Wildman–Crippen LogP) is 3.83. The summed E-state index contributed by atoms with van der Waals surface area (Å²) in [6.45, 7) is 8.17. The first kappa shape index (κ1) is 14.7. The van der Waals surface area contributed by atoms with Crippen LogP contribution >= 0.6 is 0 Å². The van der Waals surface area contributed by atoms with Gasteiger partial charge in [0.05, 0.1) is 13.2 Å². The van der Waals surface area contributed by atoms with Gasteiger partial charge in [0, 0.05) is 11.1 Å². The molecule has 20 heavy (non-hydrogen) atoms. The first-order valence-electron chi connectivity index (χ1n) is 6.87. The highest BCUT2D eigenvalue weighted by molar-refractivity contribution is 5.50. The van der Waals surface area contributed by atoms with Crippen molar-refractivity contribution in [2.45, 2.75) is 33.7 Å². The van der Waals surface area contributed by atoms with Crippen molar-refractivity contribution < 1.29 is 9.15 Å². The Morgan fingerprint density at radius 1 is 1.10 bits per heavy atom. The van der Waals surface area contributed by atoms with Crippen LogP contribution in [0, 0.1) is 27.7 Å². The molecule has 1 atom stereocenters. The van der Waals surface area contributed by atoms with Gasteiger partial charge in [-0.25, -0.2) is 0 Å². The summed E-state index contributed by atoms with van der Waals surface area (Å²) in [5.41, 5.74) is 4.72. The van der Waals surface area contributed by atoms with Gasteiger partial charge in [-0.2, -0.15) is 0 Å². The van der Waals surface area contributed by atoms with E-state index in [1.807, 2.05) is 20.9 Å². The molecule has 108 valence electrons. The lowest BCUT2D eigenvalue weighted by molar-refractivity contribution is 0.401. The largest absolute Gasteiger partial charge is 0.496 e. The molecule has 0 aliphatic heterocycles. The van der Waals surface area contributed by atoms with Crippen LogP contribution in [-0.2, 0) is 0 Å². The van der Waals surface area contributed by atoms with Crippen LogP contribution in [0.1, 0.15) is 39.8 Å². The third-order valence-corrected chi connectivity index (χ3v) is 3.90. The summed E-state index contributed by atoms with van der Waals surface area (Å²) < 4.78 is 11.3. The predicted molar refractivity (Wildman–Crippen MR) is 81.6 cm³/mol. The smallest absolute Gasteiger partial charge is 0.127 e. The van der Waals surface area contributed by atoms with Gasteiger partial charge in [-0.05, 0) is 51.9 Å². The van der Waals surface area contributed by atoms with Crippen LogP contribution in [0.25, 0.3) is 0 Å². The van der Waals surface area contributed by atoms with Crippen molar-refractivity contribution in [1.29, 1.82) is 0 Å². The van der Waals surface area contributed by atoms with E-state index in [1.165, 1.54) is 11.1 Å². The monoisotopic (exact) mass is 273 g/mol. The Morgan fingerprint density at radius 3 is 2.30 bits per heavy atom. The molecule has 0 spiro atoms. The van der Waals surface area contributed by atoms with Gasteiger partial charge in [0.25, 0.3) is 0 Å². The third kappa shape index (κ3) is 2.46. The molecule has 1 aromatic heterocycles. The molecule has 0 fully saturated rings. The van der Waals surface area contributed by atoms with E-state index >= 15 is 0 Å². The molecule has 0 radical (unpaired) electrons. The van der Waals surface area contributed by atoms with Crippen LogP contribution in [-0.4, -0.2) is 14.2 Å². The standard InChI is InChI=1S/C17H23NO2/c1-10-7-8-14(17(19-6)12(10)3)16(18-5)15-9-11(2)20-13(15)4/h7-9,16,18H,1-6H3. The van der Waals surface area contributed by atoms with Gasteiger partial charge in [-0.15, -0.1) is 0 Å². The van der Waals surface area contributed by atoms with E-state index in [9.17, 15) is 0 Å². The fraction of sp³-hybridized carbons (Fsp3) is 0.412. The number of hydrogen-bond donors (Lipinski definition) is 1. The SMILES string of the molecule is CNC(c1cc(C)oc1C)c1ccc(C)c(C)c1OC. The van der Waals surface area contributed by atoms with Crippen LogP contribution in [0.4, 0.5) is 0 Å². The van der Waals surface area contributed by atoms with Crippen molar-refractivity contribution in [3.05, 3.63) is 52.0 Å². The maximum Gasteiger partial charge on any atom is 0.127 e. The highest BCUT2D eigenvalue weighted by Gasteiger charge is 2.22. The van der Waals surface area contributed by atoms with E-state index in [0.717, 1.165) is 28.4 Å². The van der Waals surface area contributed by atoms with Gasteiger partial charge in [-0.3, -0.25) is 0 Å². The minimum absolute atomic E-state index is 0.0710. The fourth-order valence-corrected chi connectivity index (χ4v) is 2.72. The number of aryl methyl sites for hydroxylation is 3. The summed E-state index contributed by atoms with van der Waals surface area (Å²) in [4.78, 5) is 0. The number of furan rings is 1. The van der Waals surface area contributed by atoms with Crippen LogP contribution in [0.5, 0.6) is 5.75 Å². The summed E-state index contributed by atoms with van der Waals surface area (Å²) in [6, 6.07) is 6.43. The Kier molecular flexibility index (Phi) is 4.19. The number of hydrogen-bond acceptors (Lipinski definition) is 3. The van der Waals surface area contributed by atoms with Gasteiger partial charge in [-0.1, -0.05) is 12.1 Å². The van der Waals surface area contributed by atoms with Crippen LogP contribution in [0.3, 0.4) is 0 Å². The van der Waals surface area contributed by atoms with E-state index in [0.29, 0.717) is 0 Å². The van der Waals surface area contributed by atoms with E-state index in [1.54, 1.807) is 7.11 Å².